The summed E-state index contributed by atoms with van der Waals surface area (Å²) >= 11 is 0. The van der Waals surface area contributed by atoms with Gasteiger partial charge in [-0.1, -0.05) is 26.2 Å². The maximum atomic E-state index is 11.6. The third-order valence-electron chi connectivity index (χ3n) is 2.98. The molecule has 0 bridgehead atoms. The van der Waals surface area contributed by atoms with E-state index < -0.39 is 23.2 Å². The molecule has 3 N–H and O–H groups in total. The van der Waals surface area contributed by atoms with Crippen LogP contribution < -0.4 is 5.32 Å². The minimum atomic E-state index is -1.61. The van der Waals surface area contributed by atoms with Crippen LogP contribution in [0.3, 0.4) is 0 Å². The van der Waals surface area contributed by atoms with Crippen LogP contribution in [0.15, 0.2) is 0 Å². The molecule has 1 atom stereocenters. The number of carboxylic acid groups (broad SMARTS) is 1. The van der Waals surface area contributed by atoms with Gasteiger partial charge in [0.1, 0.15) is 5.54 Å². The number of carbonyl (C=O) groups is 3. The maximum absolute atomic E-state index is 11.6. The molecule has 0 rings (SSSR count). The van der Waals surface area contributed by atoms with E-state index in [9.17, 15) is 14.4 Å². The fourth-order valence-electron chi connectivity index (χ4n) is 1.59. The molecule has 0 radical (unpaired) electrons. The van der Waals surface area contributed by atoms with Crippen molar-refractivity contribution in [3.05, 3.63) is 0 Å². The fourth-order valence-corrected chi connectivity index (χ4v) is 1.59. The Hall–Kier alpha value is -1.43. The van der Waals surface area contributed by atoms with Crippen molar-refractivity contribution in [3.63, 3.8) is 0 Å². The number of rotatable bonds is 10. The van der Waals surface area contributed by atoms with Crippen molar-refractivity contribution in [3.8, 4) is 0 Å². The zero-order valence-corrected chi connectivity index (χ0v) is 11.6. The summed E-state index contributed by atoms with van der Waals surface area (Å²) in [5.74, 6) is -2.77. The molecule has 0 saturated heterocycles. The van der Waals surface area contributed by atoms with E-state index >= 15 is 0 Å². The molecule has 0 aliphatic carbocycles. The van der Waals surface area contributed by atoms with Crippen LogP contribution in [0.4, 0.5) is 0 Å². The van der Waals surface area contributed by atoms with Crippen LogP contribution in [0.25, 0.3) is 0 Å². The van der Waals surface area contributed by atoms with Gasteiger partial charge < -0.3 is 15.5 Å². The summed E-state index contributed by atoms with van der Waals surface area (Å²) in [6, 6.07) is 0. The lowest BCUT2D eigenvalue weighted by Gasteiger charge is -2.24. The number of carboxylic acids is 1. The summed E-state index contributed by atoms with van der Waals surface area (Å²) in [7, 11) is 0. The van der Waals surface area contributed by atoms with Crippen molar-refractivity contribution < 1.29 is 24.6 Å². The molecule has 0 saturated carbocycles. The third kappa shape index (κ3) is 6.33. The number of nitrogens with one attached hydrogen (secondary N) is 1. The van der Waals surface area contributed by atoms with Crippen LogP contribution >= 0.6 is 0 Å². The lowest BCUT2D eigenvalue weighted by atomic mass is 9.98. The Balaban J connectivity index is 4.32. The van der Waals surface area contributed by atoms with E-state index in [0.717, 1.165) is 19.3 Å². The summed E-state index contributed by atoms with van der Waals surface area (Å²) in [4.78, 5) is 34.2. The number of Topliss-reactive ketones (excluding diaryl/α,β-unsaturated/α-hetero) is 1. The minimum absolute atomic E-state index is 0.126. The first-order valence-corrected chi connectivity index (χ1v) is 6.57. The molecule has 0 fully saturated rings. The fraction of sp³-hybridized carbons (Fsp3) is 0.769. The molecule has 6 nitrogen and oxygen atoms in total. The van der Waals surface area contributed by atoms with E-state index in [-0.39, 0.29) is 19.4 Å². The maximum Gasteiger partial charge on any atom is 0.329 e. The minimum Gasteiger partial charge on any atom is -0.480 e. The summed E-state index contributed by atoms with van der Waals surface area (Å²) in [5, 5.41) is 20.0. The average Bonchev–Trinajstić information content (AvgIpc) is 2.34. The molecule has 0 unspecified atom stereocenters. The average molecular weight is 273 g/mol. The van der Waals surface area contributed by atoms with Crippen LogP contribution in [-0.4, -0.2) is 40.0 Å². The highest BCUT2D eigenvalue weighted by Crippen LogP contribution is 2.10. The number of aliphatic hydroxyl groups excluding tert-OH is 1. The smallest absolute Gasteiger partial charge is 0.329 e. The quantitative estimate of drug-likeness (QED) is 0.405. The molecule has 1 amide bonds. The Morgan fingerprint density at radius 1 is 1.16 bits per heavy atom. The summed E-state index contributed by atoms with van der Waals surface area (Å²) < 4.78 is 0. The molecular weight excluding hydrogens is 250 g/mol. The van der Waals surface area contributed by atoms with Crippen LogP contribution in [0.5, 0.6) is 0 Å². The first-order valence-electron chi connectivity index (χ1n) is 6.57. The van der Waals surface area contributed by atoms with E-state index in [1.807, 2.05) is 6.92 Å². The van der Waals surface area contributed by atoms with E-state index in [2.05, 4.69) is 5.32 Å². The molecule has 0 aromatic rings. The van der Waals surface area contributed by atoms with E-state index in [0.29, 0.717) is 6.42 Å². The molecule has 110 valence electrons. The number of unbranched alkanes of at least 4 members (excludes halogenated alkanes) is 3. The van der Waals surface area contributed by atoms with Gasteiger partial charge >= 0.3 is 5.97 Å². The Morgan fingerprint density at radius 3 is 2.26 bits per heavy atom. The van der Waals surface area contributed by atoms with Gasteiger partial charge in [-0.05, 0) is 13.3 Å². The molecule has 6 heteroatoms. The second-order valence-corrected chi connectivity index (χ2v) is 4.80. The Kier molecular flexibility index (Phi) is 7.98. The van der Waals surface area contributed by atoms with E-state index in [1.54, 1.807) is 0 Å². The van der Waals surface area contributed by atoms with Crippen molar-refractivity contribution in [2.24, 2.45) is 0 Å². The second kappa shape index (κ2) is 8.63. The van der Waals surface area contributed by atoms with Crippen molar-refractivity contribution in [1.82, 2.24) is 5.32 Å². The van der Waals surface area contributed by atoms with Gasteiger partial charge in [0.05, 0.1) is 0 Å². The van der Waals surface area contributed by atoms with Crippen LogP contribution in [0.1, 0.15) is 52.4 Å². The number of amides is 1. The molecule has 0 aliphatic rings. The normalized spacial score (nSPS) is 13.6. The lowest BCUT2D eigenvalue weighted by Crippen LogP contribution is -2.54. The molecular formula is C13H23NO5. The summed E-state index contributed by atoms with van der Waals surface area (Å²) in [6.07, 6.45) is 3.53. The Morgan fingerprint density at radius 2 is 1.79 bits per heavy atom. The van der Waals surface area contributed by atoms with Crippen LogP contribution in [-0.2, 0) is 14.4 Å². The molecule has 0 aromatic heterocycles. The van der Waals surface area contributed by atoms with Gasteiger partial charge in [0.25, 0.3) is 5.91 Å². The van der Waals surface area contributed by atoms with Gasteiger partial charge in [0.2, 0.25) is 5.78 Å². The van der Waals surface area contributed by atoms with Gasteiger partial charge in [-0.3, -0.25) is 9.59 Å². The molecule has 0 aromatic carbocycles. The van der Waals surface area contributed by atoms with Gasteiger partial charge in [-0.15, -0.1) is 0 Å². The van der Waals surface area contributed by atoms with Gasteiger partial charge in [-0.2, -0.15) is 0 Å². The summed E-state index contributed by atoms with van der Waals surface area (Å²) in [6.45, 7) is 2.93. The van der Waals surface area contributed by atoms with Gasteiger partial charge in [0.15, 0.2) is 0 Å². The topological polar surface area (TPSA) is 104 Å². The second-order valence-electron chi connectivity index (χ2n) is 4.80. The monoisotopic (exact) mass is 273 g/mol. The van der Waals surface area contributed by atoms with Crippen LogP contribution in [0.2, 0.25) is 0 Å². The highest BCUT2D eigenvalue weighted by Gasteiger charge is 2.35. The Bertz CT molecular complexity index is 329. The number of hydrogen-bond acceptors (Lipinski definition) is 4. The lowest BCUT2D eigenvalue weighted by molar-refractivity contribution is -0.149. The van der Waals surface area contributed by atoms with E-state index in [1.165, 1.54) is 6.92 Å². The largest absolute Gasteiger partial charge is 0.480 e. The summed E-state index contributed by atoms with van der Waals surface area (Å²) in [5.41, 5.74) is -1.61. The standard InChI is InChI=1S/C13H23NO5/c1-3-4-5-6-7-10(16)11(17)14-13(2,8-9-15)12(18)19/h15H,3-9H2,1-2H3,(H,14,17)(H,18,19)/t13-/m0/s1. The van der Waals surface area contributed by atoms with E-state index in [4.69, 9.17) is 10.2 Å². The Labute approximate surface area is 113 Å². The molecule has 0 aliphatic heterocycles. The highest BCUT2D eigenvalue weighted by molar-refractivity contribution is 6.36. The van der Waals surface area contributed by atoms with Crippen molar-refractivity contribution in [2.45, 2.75) is 57.9 Å². The van der Waals surface area contributed by atoms with Crippen LogP contribution in [0, 0.1) is 0 Å². The number of carbonyl (C=O) groups excluding carboxylic acids is 2. The first kappa shape index (κ1) is 17.6. The molecule has 19 heavy (non-hydrogen) atoms. The third-order valence-corrected chi connectivity index (χ3v) is 2.98. The number of aliphatic carboxylic acids is 1. The zero-order chi connectivity index (χ0) is 14.9. The van der Waals surface area contributed by atoms with Crippen molar-refractivity contribution >= 4 is 17.7 Å². The predicted octanol–water partition coefficient (Wildman–Crippen LogP) is 0.868. The van der Waals surface area contributed by atoms with Gasteiger partial charge in [0, 0.05) is 19.4 Å². The SMILES string of the molecule is CCCCCCC(=O)C(=O)N[C@@](C)(CCO)C(=O)O. The molecule has 0 heterocycles. The number of aliphatic hydroxyl groups is 1. The molecule has 0 spiro atoms. The van der Waals surface area contributed by atoms with Crippen molar-refractivity contribution in [2.75, 3.05) is 6.61 Å². The van der Waals surface area contributed by atoms with Crippen molar-refractivity contribution in [1.29, 1.82) is 0 Å². The highest BCUT2D eigenvalue weighted by atomic mass is 16.4. The number of ketones is 1. The first-order chi connectivity index (χ1) is 8.87. The number of hydrogen-bond donors (Lipinski definition) is 3. The van der Waals surface area contributed by atoms with Gasteiger partial charge in [-0.25, -0.2) is 4.79 Å². The zero-order valence-electron chi connectivity index (χ0n) is 11.6. The predicted molar refractivity (Wildman–Crippen MR) is 69.7 cm³/mol.